The Kier molecular flexibility index (Phi) is 7.72. The van der Waals surface area contributed by atoms with Gasteiger partial charge in [0.25, 0.3) is 0 Å². The van der Waals surface area contributed by atoms with E-state index < -0.39 is 5.97 Å². The maximum atomic E-state index is 11.1. The highest BCUT2D eigenvalue weighted by molar-refractivity contribution is 6.37. The van der Waals surface area contributed by atoms with E-state index in [1.807, 2.05) is 54.9 Å². The Bertz CT molecular complexity index is 1390. The van der Waals surface area contributed by atoms with Gasteiger partial charge in [-0.2, -0.15) is 5.10 Å². The Morgan fingerprint density at radius 1 is 1.03 bits per heavy atom. The highest BCUT2D eigenvalue weighted by Gasteiger charge is 2.21. The number of carboxylic acid groups (broad SMARTS) is 1. The zero-order chi connectivity index (χ0) is 26.0. The van der Waals surface area contributed by atoms with Gasteiger partial charge in [0.1, 0.15) is 18.0 Å². The molecule has 0 atom stereocenters. The fourth-order valence-corrected chi connectivity index (χ4v) is 4.86. The van der Waals surface area contributed by atoms with E-state index in [1.54, 1.807) is 24.3 Å². The van der Waals surface area contributed by atoms with Crippen LogP contribution in [0, 0.1) is 19.8 Å². The quantitative estimate of drug-likeness (QED) is 0.255. The average Bonchev–Trinajstić information content (AvgIpc) is 3.11. The Balaban J connectivity index is 1.65. The van der Waals surface area contributed by atoms with E-state index in [4.69, 9.17) is 38.1 Å². The summed E-state index contributed by atoms with van der Waals surface area (Å²) < 4.78 is 8.08. The van der Waals surface area contributed by atoms with Crippen molar-refractivity contribution in [3.8, 4) is 22.6 Å². The number of para-hydroxylation sites is 1. The number of ether oxygens (including phenoxy) is 1. The van der Waals surface area contributed by atoms with Crippen LogP contribution in [0.2, 0.25) is 10.0 Å². The lowest BCUT2D eigenvalue weighted by Gasteiger charge is -2.15. The summed E-state index contributed by atoms with van der Waals surface area (Å²) in [4.78, 5) is 11.1. The molecular formula is C29H28Cl2N2O3. The fourth-order valence-electron chi connectivity index (χ4n) is 4.30. The zero-order valence-corrected chi connectivity index (χ0v) is 22.2. The molecular weight excluding hydrogens is 495 g/mol. The van der Waals surface area contributed by atoms with E-state index in [9.17, 15) is 4.79 Å². The van der Waals surface area contributed by atoms with Gasteiger partial charge in [-0.3, -0.25) is 0 Å². The number of carbonyl (C=O) groups is 1. The number of rotatable bonds is 8. The fraction of sp³-hybridized carbons (Fsp3) is 0.241. The number of aromatic nitrogens is 2. The molecule has 0 saturated heterocycles. The lowest BCUT2D eigenvalue weighted by atomic mass is 9.99. The summed E-state index contributed by atoms with van der Waals surface area (Å²) in [6.07, 6.45) is 0.858. The lowest BCUT2D eigenvalue weighted by Crippen LogP contribution is -2.10. The number of hydrogen-bond acceptors (Lipinski definition) is 3. The summed E-state index contributed by atoms with van der Waals surface area (Å²) in [5, 5.41) is 15.0. The van der Waals surface area contributed by atoms with Crippen LogP contribution in [0.3, 0.4) is 0 Å². The second kappa shape index (κ2) is 10.8. The summed E-state index contributed by atoms with van der Waals surface area (Å²) in [5.41, 5.74) is 6.88. The molecule has 3 aromatic carbocycles. The summed E-state index contributed by atoms with van der Waals surface area (Å²) in [6.45, 7) is 8.66. The summed E-state index contributed by atoms with van der Waals surface area (Å²) in [7, 11) is 0. The Labute approximate surface area is 221 Å². The van der Waals surface area contributed by atoms with Crippen LogP contribution in [-0.2, 0) is 13.0 Å². The molecule has 0 amide bonds. The molecule has 0 aliphatic heterocycles. The van der Waals surface area contributed by atoms with Crippen LogP contribution in [-0.4, -0.2) is 20.9 Å². The number of nitrogens with zero attached hydrogens (tertiary/aromatic N) is 2. The number of aryl methyl sites for hydroxylation is 2. The number of carboxylic acids is 1. The topological polar surface area (TPSA) is 64.4 Å². The van der Waals surface area contributed by atoms with E-state index in [-0.39, 0.29) is 5.56 Å². The van der Waals surface area contributed by atoms with Crippen LogP contribution in [0.4, 0.5) is 0 Å². The Morgan fingerprint density at radius 2 is 1.69 bits per heavy atom. The normalized spacial score (nSPS) is 11.2. The van der Waals surface area contributed by atoms with Crippen molar-refractivity contribution in [1.29, 1.82) is 0 Å². The molecule has 0 radical (unpaired) electrons. The van der Waals surface area contributed by atoms with Gasteiger partial charge in [-0.05, 0) is 79.3 Å². The van der Waals surface area contributed by atoms with Crippen molar-refractivity contribution in [2.24, 2.45) is 5.92 Å². The number of aromatic carboxylic acids is 1. The largest absolute Gasteiger partial charge is 0.487 e. The van der Waals surface area contributed by atoms with E-state index in [0.29, 0.717) is 28.3 Å². The van der Waals surface area contributed by atoms with Crippen molar-refractivity contribution >= 4 is 29.2 Å². The van der Waals surface area contributed by atoms with Crippen molar-refractivity contribution in [2.45, 2.75) is 40.7 Å². The number of benzene rings is 3. The molecule has 36 heavy (non-hydrogen) atoms. The zero-order valence-electron chi connectivity index (χ0n) is 20.7. The average molecular weight is 523 g/mol. The van der Waals surface area contributed by atoms with Crippen molar-refractivity contribution < 1.29 is 14.6 Å². The first-order chi connectivity index (χ1) is 17.2. The third kappa shape index (κ3) is 5.43. The summed E-state index contributed by atoms with van der Waals surface area (Å²) in [6, 6.07) is 18.2. The van der Waals surface area contributed by atoms with Crippen molar-refractivity contribution in [2.75, 3.05) is 0 Å². The second-order valence-electron chi connectivity index (χ2n) is 9.24. The van der Waals surface area contributed by atoms with Crippen LogP contribution < -0.4 is 4.74 Å². The van der Waals surface area contributed by atoms with Gasteiger partial charge in [0.15, 0.2) is 0 Å². The first-order valence-corrected chi connectivity index (χ1v) is 12.5. The Morgan fingerprint density at radius 3 is 2.28 bits per heavy atom. The van der Waals surface area contributed by atoms with Gasteiger partial charge in [-0.25, -0.2) is 9.48 Å². The minimum Gasteiger partial charge on any atom is -0.487 e. The van der Waals surface area contributed by atoms with Crippen molar-refractivity contribution in [3.63, 3.8) is 0 Å². The molecule has 5 nitrogen and oxygen atoms in total. The third-order valence-corrected chi connectivity index (χ3v) is 6.68. The molecule has 4 rings (SSSR count). The number of halogens is 2. The van der Waals surface area contributed by atoms with Gasteiger partial charge in [-0.15, -0.1) is 0 Å². The molecule has 0 fully saturated rings. The summed E-state index contributed by atoms with van der Waals surface area (Å²) >= 11 is 13.1. The Hall–Kier alpha value is -3.28. The molecule has 0 bridgehead atoms. The predicted molar refractivity (Wildman–Crippen MR) is 145 cm³/mol. The van der Waals surface area contributed by atoms with Crippen LogP contribution in [0.5, 0.6) is 5.75 Å². The smallest absolute Gasteiger partial charge is 0.335 e. The van der Waals surface area contributed by atoms with Crippen molar-refractivity contribution in [3.05, 3.63) is 98.8 Å². The predicted octanol–water partition coefficient (Wildman–Crippen LogP) is 7.94. The van der Waals surface area contributed by atoms with Gasteiger partial charge >= 0.3 is 5.97 Å². The van der Waals surface area contributed by atoms with Gasteiger partial charge < -0.3 is 9.84 Å². The van der Waals surface area contributed by atoms with Gasteiger partial charge in [0.2, 0.25) is 0 Å². The molecule has 0 aliphatic carbocycles. The minimum absolute atomic E-state index is 0.263. The van der Waals surface area contributed by atoms with E-state index in [2.05, 4.69) is 13.8 Å². The van der Waals surface area contributed by atoms with Crippen molar-refractivity contribution in [1.82, 2.24) is 9.78 Å². The summed E-state index contributed by atoms with van der Waals surface area (Å²) in [5.74, 6) is 0.229. The molecule has 4 aromatic rings. The molecule has 1 heterocycles. The standard InChI is InChI=1S/C29H28Cl2N2O3/c1-17(2)14-24-19(4)32-33(28-25(30)6-5-7-26(28)31)27(24)16-36-22-12-13-23(18(3)15-22)20-8-10-21(11-9-20)29(34)35/h5-13,15,17H,14,16H2,1-4H3,(H,34,35). The highest BCUT2D eigenvalue weighted by atomic mass is 35.5. The van der Waals surface area contributed by atoms with Gasteiger partial charge in [0, 0.05) is 5.56 Å². The number of hydrogen-bond donors (Lipinski definition) is 1. The molecule has 7 heteroatoms. The molecule has 186 valence electrons. The highest BCUT2D eigenvalue weighted by Crippen LogP contribution is 2.33. The second-order valence-corrected chi connectivity index (χ2v) is 10.1. The minimum atomic E-state index is -0.939. The molecule has 0 saturated carbocycles. The van der Waals surface area contributed by atoms with Crippen LogP contribution in [0.15, 0.2) is 60.7 Å². The van der Waals surface area contributed by atoms with Gasteiger partial charge in [-0.1, -0.05) is 61.3 Å². The first kappa shape index (κ1) is 25.8. The maximum absolute atomic E-state index is 11.1. The molecule has 0 aliphatic rings. The first-order valence-electron chi connectivity index (χ1n) is 11.7. The molecule has 1 aromatic heterocycles. The molecule has 0 unspecified atom stereocenters. The maximum Gasteiger partial charge on any atom is 0.335 e. The van der Waals surface area contributed by atoms with E-state index >= 15 is 0 Å². The SMILES string of the molecule is Cc1cc(OCc2c(CC(C)C)c(C)nn2-c2c(Cl)cccc2Cl)ccc1-c1ccc(C(=O)O)cc1. The van der Waals surface area contributed by atoms with Crippen LogP contribution in [0.25, 0.3) is 16.8 Å². The third-order valence-electron chi connectivity index (χ3n) is 6.07. The lowest BCUT2D eigenvalue weighted by molar-refractivity contribution is 0.0697. The molecule has 0 spiro atoms. The monoisotopic (exact) mass is 522 g/mol. The molecule has 1 N–H and O–H groups in total. The van der Waals surface area contributed by atoms with Crippen LogP contribution >= 0.6 is 23.2 Å². The van der Waals surface area contributed by atoms with E-state index in [0.717, 1.165) is 45.8 Å². The van der Waals surface area contributed by atoms with Crippen LogP contribution in [0.1, 0.15) is 46.7 Å². The van der Waals surface area contributed by atoms with E-state index in [1.165, 1.54) is 0 Å². The van der Waals surface area contributed by atoms with Gasteiger partial charge in [0.05, 0.1) is 27.0 Å².